The Balaban J connectivity index is 2.53. The molecule has 2 aromatic rings. The molecule has 0 unspecified atom stereocenters. The second-order valence-electron chi connectivity index (χ2n) is 4.29. The number of alkyl halides is 1. The lowest BCUT2D eigenvalue weighted by molar-refractivity contribution is 0.588. The van der Waals surface area contributed by atoms with Crippen LogP contribution in [0.3, 0.4) is 0 Å². The van der Waals surface area contributed by atoms with Gasteiger partial charge in [0.05, 0.1) is 5.33 Å². The van der Waals surface area contributed by atoms with E-state index in [2.05, 4.69) is 56.7 Å². The topological polar surface area (TPSA) is 30.7 Å². The van der Waals surface area contributed by atoms with Gasteiger partial charge in [-0.05, 0) is 25.0 Å². The molecule has 2 rings (SSSR count). The van der Waals surface area contributed by atoms with Crippen LogP contribution >= 0.6 is 15.9 Å². The average molecular weight is 308 g/mol. The fraction of sp³-hybridized carbons (Fsp3) is 0.429. The van der Waals surface area contributed by atoms with Crippen molar-refractivity contribution < 1.29 is 0 Å². The van der Waals surface area contributed by atoms with E-state index in [1.54, 1.807) is 0 Å². The number of para-hydroxylation sites is 1. The Morgan fingerprint density at radius 1 is 1.11 bits per heavy atom. The second-order valence-corrected chi connectivity index (χ2v) is 4.85. The normalized spacial score (nSPS) is 11.1. The number of hydrogen-bond acceptors (Lipinski definition) is 2. The summed E-state index contributed by atoms with van der Waals surface area (Å²) < 4.78 is 2.17. The van der Waals surface area contributed by atoms with E-state index in [0.717, 1.165) is 35.5 Å². The Labute approximate surface area is 116 Å². The van der Waals surface area contributed by atoms with Crippen molar-refractivity contribution in [2.75, 3.05) is 0 Å². The molecular formula is C14H18BrN3. The molecule has 0 aliphatic rings. The van der Waals surface area contributed by atoms with Crippen LogP contribution in [0.25, 0.3) is 5.69 Å². The molecule has 1 aromatic carbocycles. The highest BCUT2D eigenvalue weighted by molar-refractivity contribution is 9.08. The molecule has 3 nitrogen and oxygen atoms in total. The number of rotatable bonds is 5. The largest absolute Gasteiger partial charge is 0.282 e. The highest BCUT2D eigenvalue weighted by Gasteiger charge is 2.19. The van der Waals surface area contributed by atoms with E-state index < -0.39 is 0 Å². The maximum Gasteiger partial charge on any atom is 0.148 e. The Bertz CT molecular complexity index is 489. The molecule has 0 fully saturated rings. The minimum atomic E-state index is 0.463. The number of aromatic nitrogens is 3. The predicted molar refractivity (Wildman–Crippen MR) is 77.3 cm³/mol. The minimum Gasteiger partial charge on any atom is -0.282 e. The van der Waals surface area contributed by atoms with Gasteiger partial charge in [-0.2, -0.15) is 0 Å². The van der Waals surface area contributed by atoms with Gasteiger partial charge in [-0.3, -0.25) is 4.57 Å². The summed E-state index contributed by atoms with van der Waals surface area (Å²) in [5.41, 5.74) is 1.14. The summed E-state index contributed by atoms with van der Waals surface area (Å²) in [6.45, 7) is 4.40. The maximum atomic E-state index is 4.39. The second kappa shape index (κ2) is 6.14. The highest BCUT2D eigenvalue weighted by atomic mass is 79.9. The first-order valence-electron chi connectivity index (χ1n) is 6.37. The van der Waals surface area contributed by atoms with Crippen LogP contribution in [-0.4, -0.2) is 14.8 Å². The summed E-state index contributed by atoms with van der Waals surface area (Å²) >= 11 is 3.49. The van der Waals surface area contributed by atoms with Crippen molar-refractivity contribution in [2.24, 2.45) is 0 Å². The summed E-state index contributed by atoms with van der Waals surface area (Å²) in [5.74, 6) is 2.49. The van der Waals surface area contributed by atoms with Gasteiger partial charge in [0, 0.05) is 11.6 Å². The van der Waals surface area contributed by atoms with E-state index >= 15 is 0 Å². The molecule has 0 aliphatic carbocycles. The first kappa shape index (κ1) is 13.3. The molecule has 0 aliphatic heterocycles. The molecule has 0 saturated carbocycles. The van der Waals surface area contributed by atoms with Crippen molar-refractivity contribution in [1.82, 2.24) is 14.8 Å². The van der Waals surface area contributed by atoms with Crippen molar-refractivity contribution in [3.05, 3.63) is 42.0 Å². The lowest BCUT2D eigenvalue weighted by Crippen LogP contribution is -2.08. The smallest absolute Gasteiger partial charge is 0.148 e. The van der Waals surface area contributed by atoms with E-state index in [4.69, 9.17) is 0 Å². The van der Waals surface area contributed by atoms with Gasteiger partial charge in [-0.25, -0.2) is 0 Å². The van der Waals surface area contributed by atoms with E-state index in [0.29, 0.717) is 5.92 Å². The maximum absolute atomic E-state index is 4.39. The third-order valence-electron chi connectivity index (χ3n) is 3.24. The molecule has 0 atom stereocenters. The van der Waals surface area contributed by atoms with Gasteiger partial charge >= 0.3 is 0 Å². The number of hydrogen-bond donors (Lipinski definition) is 0. The fourth-order valence-electron chi connectivity index (χ4n) is 2.19. The molecule has 0 N–H and O–H groups in total. The zero-order valence-electron chi connectivity index (χ0n) is 10.8. The quantitative estimate of drug-likeness (QED) is 0.780. The summed E-state index contributed by atoms with van der Waals surface area (Å²) in [6, 6.07) is 10.3. The van der Waals surface area contributed by atoms with E-state index in [1.165, 1.54) is 0 Å². The SMILES string of the molecule is CCC(CC)c1nnc(CBr)n1-c1ccccc1. The Morgan fingerprint density at radius 3 is 2.33 bits per heavy atom. The average Bonchev–Trinajstić information content (AvgIpc) is 2.85. The number of benzene rings is 1. The molecule has 18 heavy (non-hydrogen) atoms. The van der Waals surface area contributed by atoms with Crippen molar-refractivity contribution in [3.8, 4) is 5.69 Å². The summed E-state index contributed by atoms with van der Waals surface area (Å²) in [7, 11) is 0. The van der Waals surface area contributed by atoms with Gasteiger partial charge in [0.2, 0.25) is 0 Å². The van der Waals surface area contributed by atoms with Gasteiger partial charge in [-0.1, -0.05) is 48.0 Å². The third-order valence-corrected chi connectivity index (χ3v) is 3.74. The molecule has 0 bridgehead atoms. The molecule has 0 radical (unpaired) electrons. The lowest BCUT2D eigenvalue weighted by atomic mass is 10.0. The van der Waals surface area contributed by atoms with Crippen LogP contribution in [0.1, 0.15) is 44.3 Å². The molecule has 0 amide bonds. The van der Waals surface area contributed by atoms with Crippen molar-refractivity contribution >= 4 is 15.9 Å². The Kier molecular flexibility index (Phi) is 4.53. The van der Waals surface area contributed by atoms with Gasteiger partial charge < -0.3 is 0 Å². The summed E-state index contributed by atoms with van der Waals surface area (Å²) in [4.78, 5) is 0. The predicted octanol–water partition coefficient (Wildman–Crippen LogP) is 4.07. The van der Waals surface area contributed by atoms with Gasteiger partial charge in [0.15, 0.2) is 0 Å². The van der Waals surface area contributed by atoms with Crippen LogP contribution < -0.4 is 0 Å². The van der Waals surface area contributed by atoms with Gasteiger partial charge in [0.1, 0.15) is 11.6 Å². The third kappa shape index (κ3) is 2.48. The standard InChI is InChI=1S/C14H18BrN3/c1-3-11(4-2)14-17-16-13(10-15)18(14)12-8-6-5-7-9-12/h5-9,11H,3-4,10H2,1-2H3. The van der Waals surface area contributed by atoms with E-state index in [1.807, 2.05) is 18.2 Å². The van der Waals surface area contributed by atoms with Crippen LogP contribution in [0.2, 0.25) is 0 Å². The lowest BCUT2D eigenvalue weighted by Gasteiger charge is -2.15. The number of halogens is 1. The Morgan fingerprint density at radius 2 is 1.78 bits per heavy atom. The molecule has 4 heteroatoms. The molecule has 0 saturated heterocycles. The van der Waals surface area contributed by atoms with Gasteiger partial charge in [-0.15, -0.1) is 10.2 Å². The minimum absolute atomic E-state index is 0.463. The van der Waals surface area contributed by atoms with Crippen LogP contribution in [-0.2, 0) is 5.33 Å². The van der Waals surface area contributed by atoms with Crippen molar-refractivity contribution in [3.63, 3.8) is 0 Å². The molecule has 1 heterocycles. The molecule has 1 aromatic heterocycles. The zero-order valence-corrected chi connectivity index (χ0v) is 12.4. The summed E-state index contributed by atoms with van der Waals surface area (Å²) in [6.07, 6.45) is 2.17. The van der Waals surface area contributed by atoms with Crippen LogP contribution in [0.5, 0.6) is 0 Å². The van der Waals surface area contributed by atoms with Gasteiger partial charge in [0.25, 0.3) is 0 Å². The number of nitrogens with zero attached hydrogens (tertiary/aromatic N) is 3. The van der Waals surface area contributed by atoms with Crippen molar-refractivity contribution in [1.29, 1.82) is 0 Å². The van der Waals surface area contributed by atoms with Crippen LogP contribution in [0.15, 0.2) is 30.3 Å². The Hall–Kier alpha value is -1.16. The fourth-order valence-corrected chi connectivity index (χ4v) is 2.56. The first-order valence-corrected chi connectivity index (χ1v) is 7.49. The molecule has 0 spiro atoms. The van der Waals surface area contributed by atoms with E-state index in [9.17, 15) is 0 Å². The van der Waals surface area contributed by atoms with Crippen LogP contribution in [0, 0.1) is 0 Å². The molecule has 96 valence electrons. The highest BCUT2D eigenvalue weighted by Crippen LogP contribution is 2.25. The first-order chi connectivity index (χ1) is 8.81. The van der Waals surface area contributed by atoms with E-state index in [-0.39, 0.29) is 0 Å². The van der Waals surface area contributed by atoms with Crippen molar-refractivity contribution in [2.45, 2.75) is 37.9 Å². The summed E-state index contributed by atoms with van der Waals surface area (Å²) in [5, 5.41) is 9.40. The monoisotopic (exact) mass is 307 g/mol. The van der Waals surface area contributed by atoms with Crippen LogP contribution in [0.4, 0.5) is 0 Å². The molecular weight excluding hydrogens is 290 g/mol. The zero-order chi connectivity index (χ0) is 13.0.